The van der Waals surface area contributed by atoms with Gasteiger partial charge in [0.1, 0.15) is 0 Å². The molecule has 30 heavy (non-hydrogen) atoms. The monoisotopic (exact) mass is 407 g/mol. The van der Waals surface area contributed by atoms with E-state index in [0.717, 1.165) is 16.7 Å². The van der Waals surface area contributed by atoms with E-state index in [1.807, 2.05) is 32.9 Å². The minimum Gasteiger partial charge on any atom is -0.448 e. The van der Waals surface area contributed by atoms with Crippen molar-refractivity contribution >= 4 is 28.3 Å². The van der Waals surface area contributed by atoms with Crippen LogP contribution < -0.4 is 10.9 Å². The van der Waals surface area contributed by atoms with Crippen LogP contribution in [0.4, 0.5) is 5.69 Å². The Morgan fingerprint density at radius 1 is 1.10 bits per heavy atom. The smallest absolute Gasteiger partial charge is 0.360 e. The van der Waals surface area contributed by atoms with Gasteiger partial charge in [0.2, 0.25) is 0 Å². The van der Waals surface area contributed by atoms with E-state index in [0.29, 0.717) is 23.0 Å². The third-order valence-electron chi connectivity index (χ3n) is 4.94. The molecule has 1 heterocycles. The summed E-state index contributed by atoms with van der Waals surface area (Å²) in [7, 11) is 0. The predicted octanol–water partition coefficient (Wildman–Crippen LogP) is 3.53. The number of nitrogens with one attached hydrogen (secondary N) is 1. The Morgan fingerprint density at radius 3 is 2.30 bits per heavy atom. The first-order valence-corrected chi connectivity index (χ1v) is 9.82. The van der Waals surface area contributed by atoms with Crippen LogP contribution >= 0.6 is 0 Å². The number of nitrogens with zero attached hydrogens (tertiary/aromatic N) is 2. The molecule has 1 amide bonds. The van der Waals surface area contributed by atoms with E-state index in [2.05, 4.69) is 10.4 Å². The van der Waals surface area contributed by atoms with Gasteiger partial charge in [-0.1, -0.05) is 35.9 Å². The summed E-state index contributed by atoms with van der Waals surface area (Å²) in [5, 5.41) is 7.77. The summed E-state index contributed by atoms with van der Waals surface area (Å²) >= 11 is 0. The van der Waals surface area contributed by atoms with Gasteiger partial charge in [-0.2, -0.15) is 5.10 Å². The molecule has 7 nitrogen and oxygen atoms in total. The van der Waals surface area contributed by atoms with Gasteiger partial charge in [0.15, 0.2) is 11.8 Å². The van der Waals surface area contributed by atoms with Gasteiger partial charge in [0.25, 0.3) is 11.5 Å². The SMILES string of the molecule is CCn1nc(C(=O)O[C@@H](C)C(=O)Nc2c(C)cc(C)cc2C)c2ccccc2c1=O. The molecule has 0 fully saturated rings. The Balaban J connectivity index is 1.85. The highest BCUT2D eigenvalue weighted by atomic mass is 16.5. The number of hydrogen-bond acceptors (Lipinski definition) is 5. The third-order valence-corrected chi connectivity index (χ3v) is 4.94. The molecule has 0 spiro atoms. The zero-order chi connectivity index (χ0) is 22.0. The van der Waals surface area contributed by atoms with Crippen molar-refractivity contribution in [2.45, 2.75) is 47.3 Å². The highest BCUT2D eigenvalue weighted by molar-refractivity contribution is 6.04. The number of carbonyl (C=O) groups excluding carboxylic acids is 2. The standard InChI is InChI=1S/C23H25N3O4/c1-6-26-22(28)18-10-8-7-9-17(18)20(25-26)23(29)30-16(5)21(27)24-19-14(3)11-13(2)12-15(19)4/h7-12,16H,6H2,1-5H3,(H,24,27)/t16-/m0/s1. The number of ether oxygens (including phenoxy) is 1. The summed E-state index contributed by atoms with van der Waals surface area (Å²) < 4.78 is 6.60. The van der Waals surface area contributed by atoms with Crippen molar-refractivity contribution in [3.63, 3.8) is 0 Å². The van der Waals surface area contributed by atoms with E-state index in [1.54, 1.807) is 31.2 Å². The zero-order valence-electron chi connectivity index (χ0n) is 17.8. The van der Waals surface area contributed by atoms with Crippen molar-refractivity contribution in [3.8, 4) is 0 Å². The fourth-order valence-electron chi connectivity index (χ4n) is 3.47. The van der Waals surface area contributed by atoms with Crippen molar-refractivity contribution < 1.29 is 14.3 Å². The summed E-state index contributed by atoms with van der Waals surface area (Å²) in [5.74, 6) is -1.19. The molecule has 1 N–H and O–H groups in total. The van der Waals surface area contributed by atoms with Crippen LogP contribution in [0.3, 0.4) is 0 Å². The molecule has 3 rings (SSSR count). The molecule has 0 aliphatic heterocycles. The van der Waals surface area contributed by atoms with Crippen LogP contribution in [0.1, 0.15) is 41.0 Å². The summed E-state index contributed by atoms with van der Waals surface area (Å²) in [6, 6.07) is 10.7. The molecule has 0 aliphatic rings. The van der Waals surface area contributed by atoms with Crippen molar-refractivity contribution in [3.05, 3.63) is 69.1 Å². The van der Waals surface area contributed by atoms with Crippen LogP contribution in [0.25, 0.3) is 10.8 Å². The summed E-state index contributed by atoms with van der Waals surface area (Å²) in [6.07, 6.45) is -1.04. The second-order valence-electron chi connectivity index (χ2n) is 7.33. The lowest BCUT2D eigenvalue weighted by Crippen LogP contribution is -2.32. The third kappa shape index (κ3) is 4.10. The molecule has 1 aromatic heterocycles. The Hall–Kier alpha value is -3.48. The predicted molar refractivity (Wildman–Crippen MR) is 116 cm³/mol. The number of hydrogen-bond donors (Lipinski definition) is 1. The largest absolute Gasteiger partial charge is 0.448 e. The van der Waals surface area contributed by atoms with E-state index in [4.69, 9.17) is 4.74 Å². The maximum Gasteiger partial charge on any atom is 0.360 e. The van der Waals surface area contributed by atoms with Crippen LogP contribution in [-0.4, -0.2) is 27.8 Å². The van der Waals surface area contributed by atoms with Crippen LogP contribution in [0.15, 0.2) is 41.2 Å². The number of rotatable bonds is 5. The number of carbonyl (C=O) groups is 2. The van der Waals surface area contributed by atoms with Crippen molar-refractivity contribution in [2.75, 3.05) is 5.32 Å². The topological polar surface area (TPSA) is 90.3 Å². The second-order valence-corrected chi connectivity index (χ2v) is 7.33. The number of anilines is 1. The number of aryl methyl sites for hydroxylation is 4. The number of benzene rings is 2. The van der Waals surface area contributed by atoms with E-state index >= 15 is 0 Å². The molecule has 0 saturated heterocycles. The first-order valence-electron chi connectivity index (χ1n) is 9.82. The van der Waals surface area contributed by atoms with Gasteiger partial charge in [-0.3, -0.25) is 9.59 Å². The molecule has 0 saturated carbocycles. The Bertz CT molecular complexity index is 1170. The minimum atomic E-state index is -1.04. The van der Waals surface area contributed by atoms with Crippen molar-refractivity contribution in [1.82, 2.24) is 9.78 Å². The Morgan fingerprint density at radius 2 is 1.70 bits per heavy atom. The van der Waals surface area contributed by atoms with Crippen molar-refractivity contribution in [1.29, 1.82) is 0 Å². The molecule has 3 aromatic rings. The molecule has 0 radical (unpaired) electrons. The first kappa shape index (κ1) is 21.2. The lowest BCUT2D eigenvalue weighted by molar-refractivity contribution is -0.123. The number of esters is 1. The van der Waals surface area contributed by atoms with Crippen LogP contribution in [0, 0.1) is 20.8 Å². The fourth-order valence-corrected chi connectivity index (χ4v) is 3.47. The van der Waals surface area contributed by atoms with Gasteiger partial charge < -0.3 is 10.1 Å². The minimum absolute atomic E-state index is 0.00870. The number of amides is 1. The average molecular weight is 407 g/mol. The fraction of sp³-hybridized carbons (Fsp3) is 0.304. The van der Waals surface area contributed by atoms with Gasteiger partial charge in [0, 0.05) is 17.6 Å². The summed E-state index contributed by atoms with van der Waals surface area (Å²) in [4.78, 5) is 37.9. The normalized spacial score (nSPS) is 11.9. The van der Waals surface area contributed by atoms with E-state index in [1.165, 1.54) is 11.6 Å². The van der Waals surface area contributed by atoms with E-state index < -0.39 is 18.0 Å². The lowest BCUT2D eigenvalue weighted by atomic mass is 10.0. The summed E-state index contributed by atoms with van der Waals surface area (Å²) in [6.45, 7) is 9.40. The first-order chi connectivity index (χ1) is 14.2. The number of fused-ring (bicyclic) bond motifs is 1. The molecule has 0 unspecified atom stereocenters. The second kappa shape index (κ2) is 8.49. The average Bonchev–Trinajstić information content (AvgIpc) is 2.70. The highest BCUT2D eigenvalue weighted by Crippen LogP contribution is 2.22. The van der Waals surface area contributed by atoms with E-state index in [-0.39, 0.29) is 11.3 Å². The quantitative estimate of drug-likeness (QED) is 0.654. The maximum atomic E-state index is 12.8. The molecule has 0 aliphatic carbocycles. The molecule has 2 aromatic carbocycles. The zero-order valence-corrected chi connectivity index (χ0v) is 17.8. The summed E-state index contributed by atoms with van der Waals surface area (Å²) in [5.41, 5.74) is 3.40. The molecule has 156 valence electrons. The molecular weight excluding hydrogens is 382 g/mol. The van der Waals surface area contributed by atoms with E-state index in [9.17, 15) is 14.4 Å². The molecule has 1 atom stereocenters. The Labute approximate surface area is 174 Å². The highest BCUT2D eigenvalue weighted by Gasteiger charge is 2.24. The molecule has 0 bridgehead atoms. The lowest BCUT2D eigenvalue weighted by Gasteiger charge is -2.17. The van der Waals surface area contributed by atoms with Crippen molar-refractivity contribution in [2.24, 2.45) is 0 Å². The van der Waals surface area contributed by atoms with Gasteiger partial charge in [0.05, 0.1) is 5.39 Å². The Kier molecular flexibility index (Phi) is 6.01. The van der Waals surface area contributed by atoms with Crippen LogP contribution in [0.5, 0.6) is 0 Å². The molecular formula is C23H25N3O4. The molecule has 7 heteroatoms. The van der Waals surface area contributed by atoms with Crippen LogP contribution in [-0.2, 0) is 16.1 Å². The van der Waals surface area contributed by atoms with Gasteiger partial charge in [-0.25, -0.2) is 9.48 Å². The maximum absolute atomic E-state index is 12.8. The van der Waals surface area contributed by atoms with Gasteiger partial charge >= 0.3 is 5.97 Å². The van der Waals surface area contributed by atoms with Gasteiger partial charge in [-0.15, -0.1) is 0 Å². The van der Waals surface area contributed by atoms with Crippen LogP contribution in [0.2, 0.25) is 0 Å². The van der Waals surface area contributed by atoms with Gasteiger partial charge in [-0.05, 0) is 51.8 Å². The number of aromatic nitrogens is 2.